The van der Waals surface area contributed by atoms with Crippen molar-refractivity contribution in [3.63, 3.8) is 0 Å². The molecule has 0 saturated carbocycles. The van der Waals surface area contributed by atoms with Gasteiger partial charge in [0.2, 0.25) is 5.91 Å². The molecule has 0 fully saturated rings. The third kappa shape index (κ3) is 4.46. The van der Waals surface area contributed by atoms with E-state index >= 15 is 0 Å². The highest BCUT2D eigenvalue weighted by Gasteiger charge is 2.19. The number of nitrogens with one attached hydrogen (secondary N) is 1. The number of aromatic nitrogens is 3. The van der Waals surface area contributed by atoms with Gasteiger partial charge in [0.25, 0.3) is 0 Å². The Morgan fingerprint density at radius 2 is 1.96 bits per heavy atom. The number of carbonyl (C=O) groups is 1. The van der Waals surface area contributed by atoms with E-state index in [1.165, 1.54) is 23.9 Å². The van der Waals surface area contributed by atoms with Gasteiger partial charge in [-0.25, -0.2) is 4.39 Å². The second-order valence-electron chi connectivity index (χ2n) is 5.85. The van der Waals surface area contributed by atoms with Gasteiger partial charge < -0.3 is 14.6 Å². The van der Waals surface area contributed by atoms with Gasteiger partial charge in [0.1, 0.15) is 11.6 Å². The number of rotatable bonds is 6. The molecule has 1 amide bonds. The van der Waals surface area contributed by atoms with E-state index in [0.717, 1.165) is 5.56 Å². The van der Waals surface area contributed by atoms with Crippen molar-refractivity contribution in [2.24, 2.45) is 7.05 Å². The van der Waals surface area contributed by atoms with E-state index in [4.69, 9.17) is 4.74 Å². The molecule has 140 valence electrons. The number of amides is 1. The van der Waals surface area contributed by atoms with E-state index in [1.807, 2.05) is 19.2 Å². The van der Waals surface area contributed by atoms with Crippen LogP contribution in [0.4, 0.5) is 10.1 Å². The lowest BCUT2D eigenvalue weighted by Gasteiger charge is -2.12. The summed E-state index contributed by atoms with van der Waals surface area (Å²) in [6.07, 6.45) is 0. The summed E-state index contributed by atoms with van der Waals surface area (Å²) in [4.78, 5) is 12.5. The van der Waals surface area contributed by atoms with Crippen LogP contribution in [0.5, 0.6) is 5.75 Å². The molecule has 1 aromatic heterocycles. The minimum absolute atomic E-state index is 0.153. The van der Waals surface area contributed by atoms with Crippen molar-refractivity contribution < 1.29 is 13.9 Å². The van der Waals surface area contributed by atoms with Crippen molar-refractivity contribution in [3.8, 4) is 17.1 Å². The molecule has 0 unspecified atom stereocenters. The number of anilines is 1. The largest absolute Gasteiger partial charge is 0.497 e. The first-order valence-electron chi connectivity index (χ1n) is 8.25. The Balaban J connectivity index is 1.69. The first-order chi connectivity index (χ1) is 13.0. The van der Waals surface area contributed by atoms with Crippen LogP contribution in [0.1, 0.15) is 6.92 Å². The lowest BCUT2D eigenvalue weighted by molar-refractivity contribution is -0.115. The summed E-state index contributed by atoms with van der Waals surface area (Å²) in [5.74, 6) is 0.821. The van der Waals surface area contributed by atoms with E-state index in [0.29, 0.717) is 22.4 Å². The van der Waals surface area contributed by atoms with Gasteiger partial charge in [-0.1, -0.05) is 17.8 Å². The normalized spacial score (nSPS) is 11.9. The van der Waals surface area contributed by atoms with Gasteiger partial charge >= 0.3 is 0 Å². The molecular weight excluding hydrogens is 367 g/mol. The van der Waals surface area contributed by atoms with Crippen LogP contribution in [0.15, 0.2) is 53.7 Å². The predicted octanol–water partition coefficient (Wildman–Crippen LogP) is 3.75. The lowest BCUT2D eigenvalue weighted by Crippen LogP contribution is -2.22. The van der Waals surface area contributed by atoms with Gasteiger partial charge in [0.05, 0.1) is 12.4 Å². The standard InChI is InChI=1S/C19H19FN4O2S/c1-12(18(25)21-15-5-4-6-16(11-15)26-3)27-19-23-22-17(24(19)2)13-7-9-14(20)10-8-13/h4-12H,1-3H3,(H,21,25)/t12-/m1/s1. The monoisotopic (exact) mass is 386 g/mol. The van der Waals surface area contributed by atoms with Gasteiger partial charge in [0.15, 0.2) is 11.0 Å². The smallest absolute Gasteiger partial charge is 0.237 e. The Hall–Kier alpha value is -2.87. The van der Waals surface area contributed by atoms with Crippen molar-refractivity contribution >= 4 is 23.4 Å². The molecule has 1 atom stereocenters. The van der Waals surface area contributed by atoms with Crippen LogP contribution in [0.2, 0.25) is 0 Å². The second-order valence-corrected chi connectivity index (χ2v) is 7.16. The van der Waals surface area contributed by atoms with Gasteiger partial charge in [-0.05, 0) is 43.3 Å². The lowest BCUT2D eigenvalue weighted by atomic mass is 10.2. The van der Waals surface area contributed by atoms with Crippen molar-refractivity contribution in [2.75, 3.05) is 12.4 Å². The first-order valence-corrected chi connectivity index (χ1v) is 9.13. The highest BCUT2D eigenvalue weighted by molar-refractivity contribution is 8.00. The number of carbonyl (C=O) groups excluding carboxylic acids is 1. The van der Waals surface area contributed by atoms with Crippen molar-refractivity contribution in [3.05, 3.63) is 54.3 Å². The Morgan fingerprint density at radius 3 is 2.67 bits per heavy atom. The maximum absolute atomic E-state index is 13.1. The second kappa shape index (κ2) is 8.22. The number of hydrogen-bond donors (Lipinski definition) is 1. The number of thioether (sulfide) groups is 1. The van der Waals surface area contributed by atoms with Crippen molar-refractivity contribution in [1.29, 1.82) is 0 Å². The summed E-state index contributed by atoms with van der Waals surface area (Å²) >= 11 is 1.30. The zero-order chi connectivity index (χ0) is 19.4. The van der Waals surface area contributed by atoms with E-state index in [2.05, 4.69) is 15.5 Å². The summed E-state index contributed by atoms with van der Waals surface area (Å²) in [6.45, 7) is 1.80. The third-order valence-corrected chi connectivity index (χ3v) is 5.06. The molecule has 3 aromatic rings. The minimum Gasteiger partial charge on any atom is -0.497 e. The van der Waals surface area contributed by atoms with E-state index in [-0.39, 0.29) is 17.0 Å². The number of hydrogen-bond acceptors (Lipinski definition) is 5. The fourth-order valence-electron chi connectivity index (χ4n) is 2.42. The topological polar surface area (TPSA) is 69.0 Å². The molecule has 0 aliphatic rings. The fourth-order valence-corrected chi connectivity index (χ4v) is 3.24. The Labute approximate surface area is 160 Å². The molecule has 0 saturated heterocycles. The summed E-state index contributed by atoms with van der Waals surface area (Å²) in [6, 6.07) is 13.2. The summed E-state index contributed by atoms with van der Waals surface area (Å²) in [7, 11) is 3.39. The molecular formula is C19H19FN4O2S. The minimum atomic E-state index is -0.389. The zero-order valence-electron chi connectivity index (χ0n) is 15.1. The Bertz CT molecular complexity index is 943. The average Bonchev–Trinajstić information content (AvgIpc) is 3.03. The van der Waals surface area contributed by atoms with Gasteiger partial charge in [-0.15, -0.1) is 10.2 Å². The molecule has 8 heteroatoms. The van der Waals surface area contributed by atoms with Crippen LogP contribution in [0, 0.1) is 5.82 Å². The number of nitrogens with zero attached hydrogens (tertiary/aromatic N) is 3. The van der Waals surface area contributed by atoms with E-state index in [1.54, 1.807) is 42.9 Å². The van der Waals surface area contributed by atoms with Crippen LogP contribution < -0.4 is 10.1 Å². The van der Waals surface area contributed by atoms with Gasteiger partial charge in [-0.3, -0.25) is 4.79 Å². The van der Waals surface area contributed by atoms with E-state index in [9.17, 15) is 9.18 Å². The molecule has 3 rings (SSSR count). The van der Waals surface area contributed by atoms with Crippen LogP contribution in [-0.4, -0.2) is 33.0 Å². The molecule has 1 heterocycles. The molecule has 2 aromatic carbocycles. The van der Waals surface area contributed by atoms with Crippen LogP contribution in [0.3, 0.4) is 0 Å². The zero-order valence-corrected chi connectivity index (χ0v) is 16.0. The number of benzene rings is 2. The maximum Gasteiger partial charge on any atom is 0.237 e. The van der Waals surface area contributed by atoms with E-state index < -0.39 is 0 Å². The number of methoxy groups -OCH3 is 1. The highest BCUT2D eigenvalue weighted by atomic mass is 32.2. The van der Waals surface area contributed by atoms with Gasteiger partial charge in [-0.2, -0.15) is 0 Å². The number of halogens is 1. The summed E-state index contributed by atoms with van der Waals surface area (Å²) in [5.41, 5.74) is 1.42. The molecule has 0 aliphatic heterocycles. The average molecular weight is 386 g/mol. The molecule has 0 spiro atoms. The van der Waals surface area contributed by atoms with Crippen molar-refractivity contribution in [1.82, 2.24) is 14.8 Å². The van der Waals surface area contributed by atoms with Crippen LogP contribution in [0.25, 0.3) is 11.4 Å². The third-order valence-electron chi connectivity index (χ3n) is 3.93. The maximum atomic E-state index is 13.1. The number of ether oxygens (including phenoxy) is 1. The van der Waals surface area contributed by atoms with Crippen LogP contribution >= 0.6 is 11.8 Å². The SMILES string of the molecule is COc1cccc(NC(=O)[C@@H](C)Sc2nnc(-c3ccc(F)cc3)n2C)c1. The first kappa shape index (κ1) is 18.9. The molecule has 6 nitrogen and oxygen atoms in total. The molecule has 1 N–H and O–H groups in total. The molecule has 0 radical (unpaired) electrons. The molecule has 27 heavy (non-hydrogen) atoms. The van der Waals surface area contributed by atoms with Crippen molar-refractivity contribution in [2.45, 2.75) is 17.3 Å². The molecule has 0 bridgehead atoms. The predicted molar refractivity (Wildman–Crippen MR) is 103 cm³/mol. The Kier molecular flexibility index (Phi) is 5.75. The quantitative estimate of drug-likeness (QED) is 0.654. The van der Waals surface area contributed by atoms with Crippen LogP contribution in [-0.2, 0) is 11.8 Å². The summed E-state index contributed by atoms with van der Waals surface area (Å²) in [5, 5.41) is 11.4. The fraction of sp³-hybridized carbons (Fsp3) is 0.211. The van der Waals surface area contributed by atoms with Gasteiger partial charge in [0, 0.05) is 24.4 Å². The summed E-state index contributed by atoms with van der Waals surface area (Å²) < 4.78 is 20.0. The molecule has 0 aliphatic carbocycles. The Morgan fingerprint density at radius 1 is 1.22 bits per heavy atom. The highest BCUT2D eigenvalue weighted by Crippen LogP contribution is 2.26.